The first-order chi connectivity index (χ1) is 8.59. The van der Waals surface area contributed by atoms with Crippen molar-refractivity contribution in [1.29, 1.82) is 0 Å². The van der Waals surface area contributed by atoms with Gasteiger partial charge in [-0.2, -0.15) is 0 Å². The van der Waals surface area contributed by atoms with Crippen molar-refractivity contribution in [3.8, 4) is 0 Å². The Morgan fingerprint density at radius 3 is 2.78 bits per heavy atom. The van der Waals surface area contributed by atoms with Crippen molar-refractivity contribution in [1.82, 2.24) is 4.90 Å². The number of primary amides is 1. The molecule has 0 aromatic heterocycles. The Labute approximate surface area is 106 Å². The van der Waals surface area contributed by atoms with E-state index in [0.717, 1.165) is 19.4 Å². The molecule has 1 amide bonds. The van der Waals surface area contributed by atoms with E-state index in [-0.39, 0.29) is 6.04 Å². The van der Waals surface area contributed by atoms with Gasteiger partial charge in [0.05, 0.1) is 0 Å². The van der Waals surface area contributed by atoms with E-state index >= 15 is 0 Å². The maximum absolute atomic E-state index is 13.8. The lowest BCUT2D eigenvalue weighted by atomic mass is 9.99. The van der Waals surface area contributed by atoms with E-state index in [1.165, 1.54) is 6.07 Å². The zero-order chi connectivity index (χ0) is 13.1. The fourth-order valence-corrected chi connectivity index (χ4v) is 2.50. The number of amides is 1. The summed E-state index contributed by atoms with van der Waals surface area (Å²) in [7, 11) is 0. The molecule has 1 unspecified atom stereocenters. The number of likely N-dealkylation sites (tertiary alicyclic amines) is 1. The number of hydrogen-bond donors (Lipinski definition) is 2. The third-order valence-electron chi connectivity index (χ3n) is 3.32. The molecule has 0 bridgehead atoms. The maximum atomic E-state index is 13.8. The summed E-state index contributed by atoms with van der Waals surface area (Å²) >= 11 is 0. The first kappa shape index (κ1) is 13.0. The minimum atomic E-state index is -0.724. The molecule has 2 atom stereocenters. The molecule has 4 nitrogen and oxygen atoms in total. The second-order valence-corrected chi connectivity index (χ2v) is 4.72. The predicted molar refractivity (Wildman–Crippen MR) is 67.1 cm³/mol. The predicted octanol–water partition coefficient (Wildman–Crippen LogP) is 0.775. The van der Waals surface area contributed by atoms with E-state index in [4.69, 9.17) is 11.5 Å². The molecule has 1 fully saturated rings. The van der Waals surface area contributed by atoms with Crippen LogP contribution in [0.5, 0.6) is 0 Å². The van der Waals surface area contributed by atoms with E-state index in [1.807, 2.05) is 4.90 Å². The fraction of sp³-hybridized carbons (Fsp3) is 0.462. The standard InChI is InChI=1S/C13H18FN3O/c14-11-6-2-1-5-10(11)12(13(16)18)17-7-3-4-9(15)8-17/h1-2,5-6,9,12H,3-4,7-8,15H2,(H2,16,18)/t9-,12?/m1/s1. The van der Waals surface area contributed by atoms with Gasteiger partial charge in [-0.05, 0) is 25.5 Å². The number of benzene rings is 1. The van der Waals surface area contributed by atoms with Gasteiger partial charge >= 0.3 is 0 Å². The number of nitrogens with two attached hydrogens (primary N) is 2. The molecule has 1 aromatic rings. The van der Waals surface area contributed by atoms with Gasteiger partial charge in [-0.1, -0.05) is 18.2 Å². The van der Waals surface area contributed by atoms with E-state index < -0.39 is 17.8 Å². The molecule has 0 saturated carbocycles. The Morgan fingerprint density at radius 1 is 1.44 bits per heavy atom. The van der Waals surface area contributed by atoms with Crippen LogP contribution in [0.4, 0.5) is 4.39 Å². The SMILES string of the molecule is NC(=O)C(c1ccccc1F)N1CCC[C@@H](N)C1. The van der Waals surface area contributed by atoms with Crippen molar-refractivity contribution in [2.24, 2.45) is 11.5 Å². The molecule has 0 spiro atoms. The molecule has 1 heterocycles. The summed E-state index contributed by atoms with van der Waals surface area (Å²) in [6.07, 6.45) is 1.83. The lowest BCUT2D eigenvalue weighted by Gasteiger charge is -2.35. The Balaban J connectivity index is 2.28. The van der Waals surface area contributed by atoms with Crippen molar-refractivity contribution in [3.05, 3.63) is 35.6 Å². The normalized spacial score (nSPS) is 22.7. The lowest BCUT2D eigenvalue weighted by Crippen LogP contribution is -2.48. The van der Waals surface area contributed by atoms with E-state index in [1.54, 1.807) is 18.2 Å². The number of carbonyl (C=O) groups is 1. The van der Waals surface area contributed by atoms with Crippen LogP contribution in [0.25, 0.3) is 0 Å². The zero-order valence-electron chi connectivity index (χ0n) is 10.2. The summed E-state index contributed by atoms with van der Waals surface area (Å²) in [4.78, 5) is 13.5. The molecule has 98 valence electrons. The van der Waals surface area contributed by atoms with Crippen LogP contribution in [0.15, 0.2) is 24.3 Å². The number of carbonyl (C=O) groups excluding carboxylic acids is 1. The molecular weight excluding hydrogens is 233 g/mol. The van der Waals surface area contributed by atoms with Crippen LogP contribution in [0.2, 0.25) is 0 Å². The summed E-state index contributed by atoms with van der Waals surface area (Å²) in [6, 6.07) is 5.54. The third-order valence-corrected chi connectivity index (χ3v) is 3.32. The average Bonchev–Trinajstić information content (AvgIpc) is 2.32. The molecule has 1 aromatic carbocycles. The summed E-state index contributed by atoms with van der Waals surface area (Å²) < 4.78 is 13.8. The summed E-state index contributed by atoms with van der Waals surface area (Å²) in [5.41, 5.74) is 11.6. The minimum absolute atomic E-state index is 0.0207. The molecule has 18 heavy (non-hydrogen) atoms. The van der Waals surface area contributed by atoms with Gasteiger partial charge in [-0.3, -0.25) is 9.69 Å². The highest BCUT2D eigenvalue weighted by Gasteiger charge is 2.30. The second kappa shape index (κ2) is 5.46. The van der Waals surface area contributed by atoms with E-state index in [9.17, 15) is 9.18 Å². The van der Waals surface area contributed by atoms with Crippen LogP contribution in [0.3, 0.4) is 0 Å². The molecule has 0 aliphatic carbocycles. The molecular formula is C13H18FN3O. The van der Waals surface area contributed by atoms with Gasteiger partial charge in [0.1, 0.15) is 11.9 Å². The summed E-state index contributed by atoms with van der Waals surface area (Å²) in [5, 5.41) is 0. The first-order valence-corrected chi connectivity index (χ1v) is 6.13. The van der Waals surface area contributed by atoms with Crippen LogP contribution < -0.4 is 11.5 Å². The quantitative estimate of drug-likeness (QED) is 0.833. The lowest BCUT2D eigenvalue weighted by molar-refractivity contribution is -0.124. The molecule has 0 radical (unpaired) electrons. The largest absolute Gasteiger partial charge is 0.368 e. The number of hydrogen-bond acceptors (Lipinski definition) is 3. The van der Waals surface area contributed by atoms with Gasteiger partial charge in [0.2, 0.25) is 5.91 Å². The number of rotatable bonds is 3. The maximum Gasteiger partial charge on any atom is 0.239 e. The monoisotopic (exact) mass is 251 g/mol. The van der Waals surface area contributed by atoms with Gasteiger partial charge in [0.25, 0.3) is 0 Å². The number of nitrogens with zero attached hydrogens (tertiary/aromatic N) is 1. The number of piperidine rings is 1. The Bertz CT molecular complexity index is 438. The van der Waals surface area contributed by atoms with Crippen LogP contribution in [-0.4, -0.2) is 29.9 Å². The van der Waals surface area contributed by atoms with E-state index in [2.05, 4.69) is 0 Å². The zero-order valence-corrected chi connectivity index (χ0v) is 10.2. The van der Waals surface area contributed by atoms with Crippen LogP contribution in [-0.2, 0) is 4.79 Å². The van der Waals surface area contributed by atoms with Crippen LogP contribution in [0.1, 0.15) is 24.4 Å². The van der Waals surface area contributed by atoms with Crippen LogP contribution >= 0.6 is 0 Å². The van der Waals surface area contributed by atoms with E-state index in [0.29, 0.717) is 12.1 Å². The minimum Gasteiger partial charge on any atom is -0.368 e. The van der Waals surface area contributed by atoms with Crippen LogP contribution in [0, 0.1) is 5.82 Å². The average molecular weight is 251 g/mol. The Hall–Kier alpha value is -1.46. The van der Waals surface area contributed by atoms with Gasteiger partial charge in [-0.15, -0.1) is 0 Å². The summed E-state index contributed by atoms with van der Waals surface area (Å²) in [6.45, 7) is 1.29. The number of halogens is 1. The fourth-order valence-electron chi connectivity index (χ4n) is 2.50. The van der Waals surface area contributed by atoms with Crippen molar-refractivity contribution in [2.45, 2.75) is 24.9 Å². The Kier molecular flexibility index (Phi) is 3.93. The van der Waals surface area contributed by atoms with Crippen molar-refractivity contribution in [2.75, 3.05) is 13.1 Å². The van der Waals surface area contributed by atoms with Gasteiger partial charge < -0.3 is 11.5 Å². The molecule has 2 rings (SSSR count). The van der Waals surface area contributed by atoms with Gasteiger partial charge in [-0.25, -0.2) is 4.39 Å². The highest BCUT2D eigenvalue weighted by molar-refractivity contribution is 5.81. The highest BCUT2D eigenvalue weighted by atomic mass is 19.1. The molecule has 1 aliphatic rings. The Morgan fingerprint density at radius 2 is 2.17 bits per heavy atom. The summed E-state index contributed by atoms with van der Waals surface area (Å²) in [5.74, 6) is -0.936. The highest BCUT2D eigenvalue weighted by Crippen LogP contribution is 2.25. The molecule has 4 N–H and O–H groups in total. The van der Waals surface area contributed by atoms with Crippen molar-refractivity contribution in [3.63, 3.8) is 0 Å². The van der Waals surface area contributed by atoms with Gasteiger partial charge in [0, 0.05) is 18.2 Å². The van der Waals surface area contributed by atoms with Crippen molar-refractivity contribution >= 4 is 5.91 Å². The molecule has 5 heteroatoms. The molecule has 1 aliphatic heterocycles. The van der Waals surface area contributed by atoms with Crippen molar-refractivity contribution < 1.29 is 9.18 Å². The second-order valence-electron chi connectivity index (χ2n) is 4.72. The third kappa shape index (κ3) is 2.68. The smallest absolute Gasteiger partial charge is 0.239 e. The molecule has 1 saturated heterocycles. The van der Waals surface area contributed by atoms with Gasteiger partial charge in [0.15, 0.2) is 0 Å². The topological polar surface area (TPSA) is 72.4 Å². The first-order valence-electron chi connectivity index (χ1n) is 6.13.